The number of Topliss-reactive ketones (excluding diaryl/α,β-unsaturated/α-hetero) is 1. The molecule has 0 saturated carbocycles. The molecule has 0 bridgehead atoms. The predicted octanol–water partition coefficient (Wildman–Crippen LogP) is 3.84. The standard InChI is InChI=1S/C18H14ClN3O3S/c1-22-17(12-4-2-3-5-13(12)19)20-21-18(22)26-9-14(23)11-6-7-15-16(8-11)25-10-24-15/h2-8H,9-10H2,1H3. The van der Waals surface area contributed by atoms with Crippen molar-refractivity contribution in [2.45, 2.75) is 5.16 Å². The van der Waals surface area contributed by atoms with E-state index in [2.05, 4.69) is 10.2 Å². The predicted molar refractivity (Wildman–Crippen MR) is 99.1 cm³/mol. The van der Waals surface area contributed by atoms with Crippen molar-refractivity contribution in [2.75, 3.05) is 12.5 Å². The SMILES string of the molecule is Cn1c(SCC(=O)c2ccc3c(c2)OCO3)nnc1-c1ccccc1Cl. The minimum atomic E-state index is -0.0180. The highest BCUT2D eigenvalue weighted by atomic mass is 35.5. The lowest BCUT2D eigenvalue weighted by Crippen LogP contribution is -2.04. The Morgan fingerprint density at radius 1 is 1.19 bits per heavy atom. The second-order valence-electron chi connectivity index (χ2n) is 5.62. The average Bonchev–Trinajstić information content (AvgIpc) is 3.26. The third-order valence-electron chi connectivity index (χ3n) is 3.98. The van der Waals surface area contributed by atoms with Gasteiger partial charge < -0.3 is 14.0 Å². The highest BCUT2D eigenvalue weighted by molar-refractivity contribution is 7.99. The number of ketones is 1. The minimum absolute atomic E-state index is 0.0180. The first-order valence-electron chi connectivity index (χ1n) is 7.83. The van der Waals surface area contributed by atoms with Gasteiger partial charge in [0.15, 0.2) is 28.3 Å². The normalized spacial score (nSPS) is 12.4. The molecule has 1 aliphatic rings. The van der Waals surface area contributed by atoms with Crippen LogP contribution in [-0.4, -0.2) is 33.1 Å². The summed E-state index contributed by atoms with van der Waals surface area (Å²) >= 11 is 7.56. The Morgan fingerprint density at radius 2 is 2.00 bits per heavy atom. The summed E-state index contributed by atoms with van der Waals surface area (Å²) in [7, 11) is 1.85. The van der Waals surface area contributed by atoms with E-state index in [0.717, 1.165) is 5.56 Å². The molecule has 0 unspecified atom stereocenters. The Bertz CT molecular complexity index is 990. The molecule has 0 saturated heterocycles. The Hall–Kier alpha value is -2.51. The van der Waals surface area contributed by atoms with Crippen molar-refractivity contribution in [2.24, 2.45) is 7.05 Å². The first kappa shape index (κ1) is 16.9. The number of hydrogen-bond donors (Lipinski definition) is 0. The molecule has 1 aliphatic heterocycles. The van der Waals surface area contributed by atoms with Crippen LogP contribution in [0.3, 0.4) is 0 Å². The lowest BCUT2D eigenvalue weighted by Gasteiger charge is -2.05. The zero-order valence-corrected chi connectivity index (χ0v) is 15.4. The summed E-state index contributed by atoms with van der Waals surface area (Å²) in [6.45, 7) is 0.186. The van der Waals surface area contributed by atoms with Gasteiger partial charge in [0.05, 0.1) is 10.8 Å². The molecule has 0 aliphatic carbocycles. The number of thioether (sulfide) groups is 1. The molecule has 1 aromatic heterocycles. The molecule has 0 N–H and O–H groups in total. The average molecular weight is 388 g/mol. The summed E-state index contributed by atoms with van der Waals surface area (Å²) in [6, 6.07) is 12.6. The summed E-state index contributed by atoms with van der Waals surface area (Å²) in [5.41, 5.74) is 1.38. The number of rotatable bonds is 5. The molecule has 26 heavy (non-hydrogen) atoms. The van der Waals surface area contributed by atoms with Gasteiger partial charge in [-0.3, -0.25) is 4.79 Å². The van der Waals surface area contributed by atoms with Gasteiger partial charge in [-0.2, -0.15) is 0 Å². The quantitative estimate of drug-likeness (QED) is 0.489. The Morgan fingerprint density at radius 3 is 2.85 bits per heavy atom. The van der Waals surface area contributed by atoms with Gasteiger partial charge in [-0.15, -0.1) is 10.2 Å². The van der Waals surface area contributed by atoms with Gasteiger partial charge in [0.2, 0.25) is 6.79 Å². The molecule has 8 heteroatoms. The molecule has 4 rings (SSSR count). The van der Waals surface area contributed by atoms with Crippen molar-refractivity contribution >= 4 is 29.1 Å². The van der Waals surface area contributed by atoms with E-state index >= 15 is 0 Å². The number of ether oxygens (including phenoxy) is 2. The Kier molecular flexibility index (Phi) is 4.57. The lowest BCUT2D eigenvalue weighted by molar-refractivity contribution is 0.102. The lowest BCUT2D eigenvalue weighted by atomic mass is 10.1. The number of halogens is 1. The molecule has 0 fully saturated rings. The maximum absolute atomic E-state index is 12.5. The van der Waals surface area contributed by atoms with E-state index in [1.807, 2.05) is 35.9 Å². The molecule has 3 aromatic rings. The zero-order chi connectivity index (χ0) is 18.1. The smallest absolute Gasteiger partial charge is 0.231 e. The van der Waals surface area contributed by atoms with E-state index in [1.54, 1.807) is 18.2 Å². The summed E-state index contributed by atoms with van der Waals surface area (Å²) in [5.74, 6) is 2.14. The molecule has 0 atom stereocenters. The summed E-state index contributed by atoms with van der Waals surface area (Å²) in [4.78, 5) is 12.5. The maximum atomic E-state index is 12.5. The molecule has 2 aromatic carbocycles. The number of fused-ring (bicyclic) bond motifs is 1. The van der Waals surface area contributed by atoms with Gasteiger partial charge >= 0.3 is 0 Å². The van der Waals surface area contributed by atoms with Crippen molar-refractivity contribution in [3.63, 3.8) is 0 Å². The van der Waals surface area contributed by atoms with E-state index in [-0.39, 0.29) is 18.3 Å². The molecule has 0 spiro atoms. The number of carbonyl (C=O) groups is 1. The molecule has 132 valence electrons. The molecular formula is C18H14ClN3O3S. The van der Waals surface area contributed by atoms with Crippen LogP contribution in [0.4, 0.5) is 0 Å². The van der Waals surface area contributed by atoms with Gasteiger partial charge in [-0.25, -0.2) is 0 Å². The van der Waals surface area contributed by atoms with Crippen LogP contribution in [0, 0.1) is 0 Å². The van der Waals surface area contributed by atoms with E-state index < -0.39 is 0 Å². The summed E-state index contributed by atoms with van der Waals surface area (Å²) in [6.07, 6.45) is 0. The highest BCUT2D eigenvalue weighted by Crippen LogP contribution is 2.33. The van der Waals surface area contributed by atoms with Crippen LogP contribution < -0.4 is 9.47 Å². The fraction of sp³-hybridized carbons (Fsp3) is 0.167. The first-order chi connectivity index (χ1) is 12.6. The number of benzene rings is 2. The third-order valence-corrected chi connectivity index (χ3v) is 5.33. The fourth-order valence-electron chi connectivity index (χ4n) is 2.60. The van der Waals surface area contributed by atoms with E-state index in [4.69, 9.17) is 21.1 Å². The summed E-state index contributed by atoms with van der Waals surface area (Å²) < 4.78 is 12.4. The third kappa shape index (κ3) is 3.15. The van der Waals surface area contributed by atoms with Crippen LogP contribution in [-0.2, 0) is 7.05 Å². The zero-order valence-electron chi connectivity index (χ0n) is 13.8. The highest BCUT2D eigenvalue weighted by Gasteiger charge is 2.18. The molecule has 0 radical (unpaired) electrons. The van der Waals surface area contributed by atoms with Crippen LogP contribution in [0.1, 0.15) is 10.4 Å². The van der Waals surface area contributed by atoms with Crippen LogP contribution in [0.2, 0.25) is 5.02 Å². The van der Waals surface area contributed by atoms with Gasteiger partial charge in [0.1, 0.15) is 0 Å². The second-order valence-corrected chi connectivity index (χ2v) is 6.97. The van der Waals surface area contributed by atoms with Gasteiger partial charge in [0.25, 0.3) is 0 Å². The van der Waals surface area contributed by atoms with Gasteiger partial charge in [-0.05, 0) is 30.3 Å². The van der Waals surface area contributed by atoms with Crippen molar-refractivity contribution in [3.8, 4) is 22.9 Å². The number of nitrogens with zero attached hydrogens (tertiary/aromatic N) is 3. The summed E-state index contributed by atoms with van der Waals surface area (Å²) in [5, 5.41) is 9.64. The van der Waals surface area contributed by atoms with E-state index in [1.165, 1.54) is 11.8 Å². The topological polar surface area (TPSA) is 66.2 Å². The fourth-order valence-corrected chi connectivity index (χ4v) is 3.63. The van der Waals surface area contributed by atoms with Crippen molar-refractivity contribution in [1.82, 2.24) is 14.8 Å². The maximum Gasteiger partial charge on any atom is 0.231 e. The van der Waals surface area contributed by atoms with Crippen molar-refractivity contribution in [1.29, 1.82) is 0 Å². The van der Waals surface area contributed by atoms with Crippen LogP contribution in [0.25, 0.3) is 11.4 Å². The largest absolute Gasteiger partial charge is 0.454 e. The molecule has 2 heterocycles. The monoisotopic (exact) mass is 387 g/mol. The van der Waals surface area contributed by atoms with Gasteiger partial charge in [0, 0.05) is 18.2 Å². The first-order valence-corrected chi connectivity index (χ1v) is 9.20. The Labute approximate surface area is 159 Å². The van der Waals surface area contributed by atoms with Crippen LogP contribution in [0.5, 0.6) is 11.5 Å². The van der Waals surface area contributed by atoms with Crippen molar-refractivity contribution < 1.29 is 14.3 Å². The molecule has 0 amide bonds. The van der Waals surface area contributed by atoms with Gasteiger partial charge in [-0.1, -0.05) is 35.5 Å². The number of carbonyl (C=O) groups excluding carboxylic acids is 1. The van der Waals surface area contributed by atoms with Crippen LogP contribution >= 0.6 is 23.4 Å². The van der Waals surface area contributed by atoms with E-state index in [0.29, 0.717) is 33.1 Å². The number of hydrogen-bond acceptors (Lipinski definition) is 6. The second kappa shape index (κ2) is 7.01. The molecule has 6 nitrogen and oxygen atoms in total. The Balaban J connectivity index is 1.49. The van der Waals surface area contributed by atoms with Crippen molar-refractivity contribution in [3.05, 3.63) is 53.1 Å². The van der Waals surface area contributed by atoms with E-state index in [9.17, 15) is 4.79 Å². The minimum Gasteiger partial charge on any atom is -0.454 e. The number of aromatic nitrogens is 3. The van der Waals surface area contributed by atoms with Crippen LogP contribution in [0.15, 0.2) is 47.6 Å². The molecular weight excluding hydrogens is 374 g/mol.